The third-order valence-corrected chi connectivity index (χ3v) is 4.45. The van der Waals surface area contributed by atoms with Crippen molar-refractivity contribution in [1.29, 1.82) is 0 Å². The topological polar surface area (TPSA) is 17.1 Å². The van der Waals surface area contributed by atoms with E-state index in [-0.39, 0.29) is 5.41 Å². The van der Waals surface area contributed by atoms with Crippen LogP contribution in [0.1, 0.15) is 72.6 Å². The minimum absolute atomic E-state index is 0.00848. The first-order chi connectivity index (χ1) is 7.44. The standard InChI is InChI=1S/C15H28O/c1-12(2)6-5-7-14-8-10-15(4,11-9-14)13(3)16/h12,14H,5-11H2,1-4H3. The summed E-state index contributed by atoms with van der Waals surface area (Å²) >= 11 is 0. The summed E-state index contributed by atoms with van der Waals surface area (Å²) in [5, 5.41) is 0. The predicted octanol–water partition coefficient (Wildman–Crippen LogP) is 4.60. The molecule has 1 fully saturated rings. The zero-order chi connectivity index (χ0) is 12.2. The zero-order valence-corrected chi connectivity index (χ0v) is 11.5. The van der Waals surface area contributed by atoms with E-state index >= 15 is 0 Å². The average molecular weight is 224 g/mol. The first kappa shape index (κ1) is 13.7. The predicted molar refractivity (Wildman–Crippen MR) is 69.4 cm³/mol. The molecule has 0 heterocycles. The van der Waals surface area contributed by atoms with Crippen LogP contribution < -0.4 is 0 Å². The number of carbonyl (C=O) groups excluding carboxylic acids is 1. The molecule has 1 nitrogen and oxygen atoms in total. The van der Waals surface area contributed by atoms with E-state index < -0.39 is 0 Å². The van der Waals surface area contributed by atoms with Crippen molar-refractivity contribution in [2.24, 2.45) is 17.3 Å². The highest BCUT2D eigenvalue weighted by Gasteiger charge is 2.34. The number of hydrogen-bond acceptors (Lipinski definition) is 1. The Bertz CT molecular complexity index is 222. The smallest absolute Gasteiger partial charge is 0.135 e. The van der Waals surface area contributed by atoms with Crippen LogP contribution in [-0.4, -0.2) is 5.78 Å². The Morgan fingerprint density at radius 2 is 1.88 bits per heavy atom. The number of rotatable bonds is 5. The Hall–Kier alpha value is -0.330. The van der Waals surface area contributed by atoms with Gasteiger partial charge < -0.3 is 0 Å². The largest absolute Gasteiger partial charge is 0.299 e. The second kappa shape index (κ2) is 5.84. The summed E-state index contributed by atoms with van der Waals surface area (Å²) in [5.41, 5.74) is 0.00848. The minimum atomic E-state index is 0.00848. The Morgan fingerprint density at radius 1 is 1.31 bits per heavy atom. The van der Waals surface area contributed by atoms with Crippen LogP contribution in [0.15, 0.2) is 0 Å². The van der Waals surface area contributed by atoms with Gasteiger partial charge in [-0.15, -0.1) is 0 Å². The molecule has 0 unspecified atom stereocenters. The molecule has 0 atom stereocenters. The minimum Gasteiger partial charge on any atom is -0.299 e. The van der Waals surface area contributed by atoms with Crippen molar-refractivity contribution in [3.05, 3.63) is 0 Å². The van der Waals surface area contributed by atoms with Crippen LogP contribution in [0, 0.1) is 17.3 Å². The Morgan fingerprint density at radius 3 is 2.31 bits per heavy atom. The van der Waals surface area contributed by atoms with E-state index in [4.69, 9.17) is 0 Å². The lowest BCUT2D eigenvalue weighted by Gasteiger charge is -2.35. The van der Waals surface area contributed by atoms with E-state index in [1.54, 1.807) is 6.92 Å². The van der Waals surface area contributed by atoms with Gasteiger partial charge in [0.2, 0.25) is 0 Å². The molecule has 0 bridgehead atoms. The third-order valence-electron chi connectivity index (χ3n) is 4.45. The van der Waals surface area contributed by atoms with Crippen LogP contribution in [0.4, 0.5) is 0 Å². The summed E-state index contributed by atoms with van der Waals surface area (Å²) in [6.45, 7) is 8.51. The summed E-state index contributed by atoms with van der Waals surface area (Å²) in [4.78, 5) is 11.5. The second-order valence-corrected chi connectivity index (χ2v) is 6.38. The second-order valence-electron chi connectivity index (χ2n) is 6.38. The van der Waals surface area contributed by atoms with Gasteiger partial charge in [-0.1, -0.05) is 40.0 Å². The van der Waals surface area contributed by atoms with Crippen LogP contribution in [0.25, 0.3) is 0 Å². The SMILES string of the molecule is CC(=O)C1(C)CCC(CCCC(C)C)CC1. The highest BCUT2D eigenvalue weighted by molar-refractivity contribution is 5.81. The lowest BCUT2D eigenvalue weighted by Crippen LogP contribution is -2.30. The van der Waals surface area contributed by atoms with Crippen molar-refractivity contribution >= 4 is 5.78 Å². The highest BCUT2D eigenvalue weighted by Crippen LogP contribution is 2.40. The molecule has 0 saturated heterocycles. The number of ketones is 1. The van der Waals surface area contributed by atoms with Crippen LogP contribution in [-0.2, 0) is 4.79 Å². The molecule has 0 spiro atoms. The molecule has 1 aliphatic rings. The summed E-state index contributed by atoms with van der Waals surface area (Å²) in [6, 6.07) is 0. The molecule has 0 aromatic heterocycles. The molecule has 1 heteroatoms. The normalized spacial score (nSPS) is 30.7. The van der Waals surface area contributed by atoms with E-state index in [1.807, 2.05) is 0 Å². The fourth-order valence-corrected chi connectivity index (χ4v) is 2.77. The molecule has 0 aromatic carbocycles. The van der Waals surface area contributed by atoms with Gasteiger partial charge in [-0.25, -0.2) is 0 Å². The van der Waals surface area contributed by atoms with Gasteiger partial charge in [0.15, 0.2) is 0 Å². The van der Waals surface area contributed by atoms with Gasteiger partial charge in [-0.3, -0.25) is 4.79 Å². The first-order valence-corrected chi connectivity index (χ1v) is 6.95. The summed E-state index contributed by atoms with van der Waals surface area (Å²) in [5.74, 6) is 2.13. The van der Waals surface area contributed by atoms with Crippen LogP contribution in [0.3, 0.4) is 0 Å². The van der Waals surface area contributed by atoms with Gasteiger partial charge in [-0.2, -0.15) is 0 Å². The maximum Gasteiger partial charge on any atom is 0.135 e. The fraction of sp³-hybridized carbons (Fsp3) is 0.933. The molecule has 0 amide bonds. The lowest BCUT2D eigenvalue weighted by molar-refractivity contribution is -0.127. The fourth-order valence-electron chi connectivity index (χ4n) is 2.77. The van der Waals surface area contributed by atoms with Crippen molar-refractivity contribution in [1.82, 2.24) is 0 Å². The molecule has 16 heavy (non-hydrogen) atoms. The lowest BCUT2D eigenvalue weighted by atomic mass is 9.69. The average Bonchev–Trinajstić information content (AvgIpc) is 2.20. The summed E-state index contributed by atoms with van der Waals surface area (Å²) < 4.78 is 0. The third kappa shape index (κ3) is 3.92. The molecule has 0 radical (unpaired) electrons. The molecular weight excluding hydrogens is 196 g/mol. The van der Waals surface area contributed by atoms with Crippen molar-refractivity contribution in [2.45, 2.75) is 72.6 Å². The molecular formula is C15H28O. The van der Waals surface area contributed by atoms with E-state index in [0.29, 0.717) is 5.78 Å². The monoisotopic (exact) mass is 224 g/mol. The van der Waals surface area contributed by atoms with Gasteiger partial charge in [0.1, 0.15) is 5.78 Å². The van der Waals surface area contributed by atoms with Gasteiger partial charge in [-0.05, 0) is 44.4 Å². The number of Topliss-reactive ketones (excluding diaryl/α,β-unsaturated/α-hetero) is 1. The molecule has 1 rings (SSSR count). The van der Waals surface area contributed by atoms with Crippen molar-refractivity contribution in [3.63, 3.8) is 0 Å². The number of hydrogen-bond donors (Lipinski definition) is 0. The maximum absolute atomic E-state index is 11.5. The molecule has 1 saturated carbocycles. The van der Waals surface area contributed by atoms with E-state index in [9.17, 15) is 4.79 Å². The van der Waals surface area contributed by atoms with Gasteiger partial charge in [0, 0.05) is 5.41 Å². The van der Waals surface area contributed by atoms with E-state index in [2.05, 4.69) is 20.8 Å². The summed E-state index contributed by atoms with van der Waals surface area (Å²) in [6.07, 6.45) is 8.90. The molecule has 0 N–H and O–H groups in total. The zero-order valence-electron chi connectivity index (χ0n) is 11.5. The highest BCUT2D eigenvalue weighted by atomic mass is 16.1. The quantitative estimate of drug-likeness (QED) is 0.667. The van der Waals surface area contributed by atoms with Crippen molar-refractivity contribution < 1.29 is 4.79 Å². The first-order valence-electron chi connectivity index (χ1n) is 6.95. The molecule has 0 aliphatic heterocycles. The van der Waals surface area contributed by atoms with Crippen LogP contribution in [0.2, 0.25) is 0 Å². The maximum atomic E-state index is 11.5. The van der Waals surface area contributed by atoms with Gasteiger partial charge >= 0.3 is 0 Å². The Labute approximate surface area is 101 Å². The van der Waals surface area contributed by atoms with Crippen LogP contribution in [0.5, 0.6) is 0 Å². The number of carbonyl (C=O) groups is 1. The Kier molecular flexibility index (Phi) is 5.01. The van der Waals surface area contributed by atoms with Crippen molar-refractivity contribution in [3.8, 4) is 0 Å². The van der Waals surface area contributed by atoms with E-state index in [1.165, 1.54) is 32.1 Å². The van der Waals surface area contributed by atoms with Gasteiger partial charge in [0.05, 0.1) is 0 Å². The molecule has 1 aliphatic carbocycles. The van der Waals surface area contributed by atoms with E-state index in [0.717, 1.165) is 24.7 Å². The summed E-state index contributed by atoms with van der Waals surface area (Å²) in [7, 11) is 0. The van der Waals surface area contributed by atoms with Gasteiger partial charge in [0.25, 0.3) is 0 Å². The van der Waals surface area contributed by atoms with Crippen LogP contribution >= 0.6 is 0 Å². The Balaban J connectivity index is 2.24. The molecule has 94 valence electrons. The molecule has 0 aromatic rings. The van der Waals surface area contributed by atoms with Crippen molar-refractivity contribution in [2.75, 3.05) is 0 Å².